The fourth-order valence-electron chi connectivity index (χ4n) is 1.58. The molecular weight excluding hydrogens is 322 g/mol. The Morgan fingerprint density at radius 2 is 1.61 bits per heavy atom. The Morgan fingerprint density at radius 1 is 1.00 bits per heavy atom. The molecule has 0 aromatic heterocycles. The zero-order valence-electron chi connectivity index (χ0n) is 13.1. The maximum atomic E-state index is 11.9. The van der Waals surface area contributed by atoms with E-state index in [9.17, 15) is 13.2 Å². The van der Waals surface area contributed by atoms with Crippen LogP contribution in [0.15, 0.2) is 35.2 Å². The molecule has 0 radical (unpaired) electrons. The van der Waals surface area contributed by atoms with Crippen LogP contribution >= 0.6 is 0 Å². The van der Waals surface area contributed by atoms with Gasteiger partial charge in [0.2, 0.25) is 10.0 Å². The highest BCUT2D eigenvalue weighted by Crippen LogP contribution is 2.06. The van der Waals surface area contributed by atoms with E-state index in [0.717, 1.165) is 0 Å². The Morgan fingerprint density at radius 3 is 2.22 bits per heavy atom. The highest BCUT2D eigenvalue weighted by atomic mass is 32.2. The molecule has 1 rings (SSSR count). The number of rotatable bonds is 11. The molecule has 0 unspecified atom stereocenters. The molecule has 3 N–H and O–H groups in total. The van der Waals surface area contributed by atoms with Crippen molar-refractivity contribution >= 4 is 16.1 Å². The molecule has 1 aromatic rings. The summed E-state index contributed by atoms with van der Waals surface area (Å²) in [6, 6.07) is 7.90. The topological polar surface area (TPSA) is 106 Å². The van der Waals surface area contributed by atoms with Crippen LogP contribution in [-0.4, -0.2) is 61.0 Å². The van der Waals surface area contributed by atoms with Crippen LogP contribution in [0.3, 0.4) is 0 Å². The second kappa shape index (κ2) is 10.9. The van der Waals surface area contributed by atoms with Crippen molar-refractivity contribution < 1.29 is 22.7 Å². The van der Waals surface area contributed by atoms with Crippen molar-refractivity contribution in [1.29, 1.82) is 0 Å². The molecule has 2 amide bonds. The van der Waals surface area contributed by atoms with E-state index in [0.29, 0.717) is 26.4 Å². The quantitative estimate of drug-likeness (QED) is 0.487. The molecule has 0 aliphatic carbocycles. The summed E-state index contributed by atoms with van der Waals surface area (Å²) in [5, 5.41) is 5.01. The monoisotopic (exact) mass is 345 g/mol. The highest BCUT2D eigenvalue weighted by molar-refractivity contribution is 7.89. The number of hydrogen-bond acceptors (Lipinski definition) is 5. The largest absolute Gasteiger partial charge is 0.378 e. The van der Waals surface area contributed by atoms with E-state index in [-0.39, 0.29) is 24.1 Å². The smallest absolute Gasteiger partial charge is 0.314 e. The summed E-state index contributed by atoms with van der Waals surface area (Å²) < 4.78 is 36.7. The van der Waals surface area contributed by atoms with Crippen molar-refractivity contribution in [2.45, 2.75) is 4.90 Å². The molecule has 130 valence electrons. The molecule has 0 bridgehead atoms. The standard InChI is InChI=1S/C14H23N3O5S/c1-15-14(18)16-7-9-21-11-12-22-10-8-17-23(19,20)13-5-3-2-4-6-13/h2-6,17H,7-12H2,1H3,(H2,15,16,18). The lowest BCUT2D eigenvalue weighted by Gasteiger charge is -2.08. The van der Waals surface area contributed by atoms with Crippen molar-refractivity contribution in [3.63, 3.8) is 0 Å². The molecule has 0 heterocycles. The van der Waals surface area contributed by atoms with E-state index < -0.39 is 10.0 Å². The number of nitrogens with one attached hydrogen (secondary N) is 3. The van der Waals surface area contributed by atoms with Gasteiger partial charge in [-0.05, 0) is 12.1 Å². The maximum Gasteiger partial charge on any atom is 0.314 e. The average molecular weight is 345 g/mol. The number of amides is 2. The van der Waals surface area contributed by atoms with Crippen molar-refractivity contribution in [1.82, 2.24) is 15.4 Å². The lowest BCUT2D eigenvalue weighted by molar-refractivity contribution is 0.0516. The van der Waals surface area contributed by atoms with Crippen molar-refractivity contribution in [2.24, 2.45) is 0 Å². The van der Waals surface area contributed by atoms with Gasteiger partial charge in [0.15, 0.2) is 0 Å². The van der Waals surface area contributed by atoms with Gasteiger partial charge in [0.25, 0.3) is 0 Å². The van der Waals surface area contributed by atoms with E-state index in [1.807, 2.05) is 0 Å². The molecule has 0 saturated carbocycles. The van der Waals surface area contributed by atoms with Gasteiger partial charge >= 0.3 is 6.03 Å². The normalized spacial score (nSPS) is 11.2. The summed E-state index contributed by atoms with van der Waals surface area (Å²) in [5.74, 6) is 0. The lowest BCUT2D eigenvalue weighted by Crippen LogP contribution is -2.35. The van der Waals surface area contributed by atoms with Gasteiger partial charge in [-0.25, -0.2) is 17.9 Å². The second-order valence-corrected chi connectivity index (χ2v) is 6.21. The summed E-state index contributed by atoms with van der Waals surface area (Å²) in [5.41, 5.74) is 0. The minimum Gasteiger partial charge on any atom is -0.378 e. The third-order valence-corrected chi connectivity index (χ3v) is 4.20. The fourth-order valence-corrected chi connectivity index (χ4v) is 2.61. The van der Waals surface area contributed by atoms with Gasteiger partial charge in [-0.1, -0.05) is 18.2 Å². The van der Waals surface area contributed by atoms with Gasteiger partial charge in [0, 0.05) is 20.1 Å². The zero-order valence-corrected chi connectivity index (χ0v) is 13.9. The molecule has 0 spiro atoms. The number of benzene rings is 1. The molecular formula is C14H23N3O5S. The summed E-state index contributed by atoms with van der Waals surface area (Å²) in [6.45, 7) is 1.98. The maximum absolute atomic E-state index is 11.9. The Kier molecular flexibility index (Phi) is 9.22. The van der Waals surface area contributed by atoms with Gasteiger partial charge in [0.05, 0.1) is 31.3 Å². The first-order chi connectivity index (χ1) is 11.1. The molecule has 0 atom stereocenters. The van der Waals surface area contributed by atoms with Crippen LogP contribution in [0.1, 0.15) is 0 Å². The first kappa shape index (κ1) is 19.4. The minimum atomic E-state index is -3.48. The van der Waals surface area contributed by atoms with Crippen LogP contribution < -0.4 is 15.4 Å². The van der Waals surface area contributed by atoms with Gasteiger partial charge in [-0.2, -0.15) is 0 Å². The average Bonchev–Trinajstić information content (AvgIpc) is 2.57. The van der Waals surface area contributed by atoms with Crippen molar-refractivity contribution in [2.75, 3.05) is 46.6 Å². The summed E-state index contributed by atoms with van der Waals surface area (Å²) in [4.78, 5) is 11.1. The van der Waals surface area contributed by atoms with Crippen LogP contribution in [-0.2, 0) is 19.5 Å². The first-order valence-electron chi connectivity index (χ1n) is 7.22. The molecule has 1 aromatic carbocycles. The number of carbonyl (C=O) groups is 1. The lowest BCUT2D eigenvalue weighted by atomic mass is 10.4. The van der Waals surface area contributed by atoms with E-state index in [1.54, 1.807) is 18.2 Å². The SMILES string of the molecule is CNC(=O)NCCOCCOCCNS(=O)(=O)c1ccccc1. The number of urea groups is 1. The molecule has 0 saturated heterocycles. The predicted molar refractivity (Wildman–Crippen MR) is 85.7 cm³/mol. The van der Waals surface area contributed by atoms with Gasteiger partial charge < -0.3 is 20.1 Å². The summed E-state index contributed by atoms with van der Waals surface area (Å²) in [7, 11) is -1.95. The molecule has 8 nitrogen and oxygen atoms in total. The van der Waals surface area contributed by atoms with Crippen LogP contribution in [0.5, 0.6) is 0 Å². The first-order valence-corrected chi connectivity index (χ1v) is 8.70. The molecule has 23 heavy (non-hydrogen) atoms. The van der Waals surface area contributed by atoms with Crippen molar-refractivity contribution in [3.05, 3.63) is 30.3 Å². The second-order valence-electron chi connectivity index (χ2n) is 4.44. The number of ether oxygens (including phenoxy) is 2. The Labute approximate surface area is 136 Å². The van der Waals surface area contributed by atoms with E-state index in [1.165, 1.54) is 19.2 Å². The Bertz CT molecular complexity index is 551. The van der Waals surface area contributed by atoms with Crippen LogP contribution in [0.2, 0.25) is 0 Å². The third-order valence-electron chi connectivity index (χ3n) is 2.72. The van der Waals surface area contributed by atoms with Crippen molar-refractivity contribution in [3.8, 4) is 0 Å². The van der Waals surface area contributed by atoms with E-state index in [4.69, 9.17) is 9.47 Å². The summed E-state index contributed by atoms with van der Waals surface area (Å²) in [6.07, 6.45) is 0. The highest BCUT2D eigenvalue weighted by Gasteiger charge is 2.11. The Balaban J connectivity index is 2.00. The number of carbonyl (C=O) groups excluding carboxylic acids is 1. The predicted octanol–water partition coefficient (Wildman–Crippen LogP) is -0.0729. The molecule has 0 fully saturated rings. The minimum absolute atomic E-state index is 0.190. The van der Waals surface area contributed by atoms with Crippen LogP contribution in [0, 0.1) is 0 Å². The number of sulfonamides is 1. The van der Waals surface area contributed by atoms with Gasteiger partial charge in [-0.3, -0.25) is 0 Å². The Hall–Kier alpha value is -1.68. The van der Waals surface area contributed by atoms with Gasteiger partial charge in [0.1, 0.15) is 0 Å². The fraction of sp³-hybridized carbons (Fsp3) is 0.500. The van der Waals surface area contributed by atoms with E-state index in [2.05, 4.69) is 15.4 Å². The molecule has 0 aliphatic rings. The van der Waals surface area contributed by atoms with E-state index >= 15 is 0 Å². The van der Waals surface area contributed by atoms with Crippen LogP contribution in [0.25, 0.3) is 0 Å². The van der Waals surface area contributed by atoms with Crippen LogP contribution in [0.4, 0.5) is 4.79 Å². The molecule has 0 aliphatic heterocycles. The molecule has 9 heteroatoms. The zero-order chi connectivity index (χ0) is 17.0. The van der Waals surface area contributed by atoms with Gasteiger partial charge in [-0.15, -0.1) is 0 Å². The summed E-state index contributed by atoms with van der Waals surface area (Å²) >= 11 is 0. The third kappa shape index (κ3) is 8.50. The number of hydrogen-bond donors (Lipinski definition) is 3.